The van der Waals surface area contributed by atoms with Gasteiger partial charge in [0, 0.05) is 57.4 Å². The van der Waals surface area contributed by atoms with Crippen LogP contribution >= 0.6 is 11.3 Å². The predicted octanol–water partition coefficient (Wildman–Crippen LogP) is 1.92. The summed E-state index contributed by atoms with van der Waals surface area (Å²) < 4.78 is 0. The number of nitrogens with two attached hydrogens (primary N) is 1. The summed E-state index contributed by atoms with van der Waals surface area (Å²) in [5.41, 5.74) is 8.85. The summed E-state index contributed by atoms with van der Waals surface area (Å²) in [5, 5.41) is 3.12. The number of nitrogens with zero attached hydrogens (tertiary/aromatic N) is 6. The first-order valence-corrected chi connectivity index (χ1v) is 11.7. The Morgan fingerprint density at radius 2 is 1.77 bits per heavy atom. The molecule has 2 saturated heterocycles. The number of aliphatic imine (C=N–C) groups is 1. The highest BCUT2D eigenvalue weighted by Crippen LogP contribution is 2.19. The fourth-order valence-corrected chi connectivity index (χ4v) is 4.73. The van der Waals surface area contributed by atoms with E-state index in [4.69, 9.17) is 5.73 Å². The Morgan fingerprint density at radius 3 is 2.50 bits per heavy atom. The Hall–Kier alpha value is -2.16. The standard InChI is InChI=1S/C22H33N7S/c1-26-8-2-9-27(11-10-26)18-20-5-3-19(4-6-20)17-25-21(23)28-12-14-29(15-13-28)22-24-7-16-30-22/h3-7,16H,2,8-15,17-18H2,1H3,(H2,23,25). The SMILES string of the molecule is CN1CCCN(Cc2ccc(CN=C(N)N3CCN(c4nccs4)CC3)cc2)CC1. The maximum absolute atomic E-state index is 6.27. The number of thiazole rings is 1. The van der Waals surface area contributed by atoms with Gasteiger partial charge in [0.15, 0.2) is 11.1 Å². The minimum atomic E-state index is 0.632. The monoisotopic (exact) mass is 427 g/mol. The molecule has 2 fully saturated rings. The molecule has 0 spiro atoms. The number of piperazine rings is 1. The zero-order valence-corrected chi connectivity index (χ0v) is 18.7. The van der Waals surface area contributed by atoms with E-state index in [1.54, 1.807) is 11.3 Å². The molecular formula is C22H33N7S. The molecule has 162 valence electrons. The Morgan fingerprint density at radius 1 is 1.00 bits per heavy atom. The van der Waals surface area contributed by atoms with Crippen molar-refractivity contribution in [3.8, 4) is 0 Å². The van der Waals surface area contributed by atoms with Gasteiger partial charge in [0.1, 0.15) is 0 Å². The second-order valence-electron chi connectivity index (χ2n) is 8.21. The minimum Gasteiger partial charge on any atom is -0.370 e. The number of hydrogen-bond donors (Lipinski definition) is 1. The topological polar surface area (TPSA) is 64.2 Å². The van der Waals surface area contributed by atoms with Gasteiger partial charge in [0.25, 0.3) is 0 Å². The summed E-state index contributed by atoms with van der Waals surface area (Å²) in [6.45, 7) is 10.0. The first-order valence-electron chi connectivity index (χ1n) is 10.9. The molecule has 1 aromatic heterocycles. The van der Waals surface area contributed by atoms with Crippen LogP contribution in [0.4, 0.5) is 5.13 Å². The number of anilines is 1. The lowest BCUT2D eigenvalue weighted by atomic mass is 10.1. The van der Waals surface area contributed by atoms with Crippen molar-refractivity contribution in [1.29, 1.82) is 0 Å². The van der Waals surface area contributed by atoms with Gasteiger partial charge >= 0.3 is 0 Å². The van der Waals surface area contributed by atoms with Crippen LogP contribution in [0.3, 0.4) is 0 Å². The minimum absolute atomic E-state index is 0.632. The van der Waals surface area contributed by atoms with Crippen LogP contribution in [0.25, 0.3) is 0 Å². The van der Waals surface area contributed by atoms with E-state index in [0.29, 0.717) is 12.5 Å². The van der Waals surface area contributed by atoms with E-state index in [9.17, 15) is 0 Å². The molecule has 0 atom stereocenters. The van der Waals surface area contributed by atoms with E-state index in [1.807, 2.05) is 11.6 Å². The molecule has 1 aromatic carbocycles. The lowest BCUT2D eigenvalue weighted by Crippen LogP contribution is -2.51. The molecule has 0 saturated carbocycles. The molecule has 2 N–H and O–H groups in total. The van der Waals surface area contributed by atoms with Crippen molar-refractivity contribution in [3.05, 3.63) is 47.0 Å². The Bertz CT molecular complexity index is 797. The van der Waals surface area contributed by atoms with E-state index in [-0.39, 0.29) is 0 Å². The maximum Gasteiger partial charge on any atom is 0.191 e. The van der Waals surface area contributed by atoms with Crippen molar-refractivity contribution in [2.75, 3.05) is 64.3 Å². The Labute approximate surface area is 183 Å². The Balaban J connectivity index is 1.24. The molecule has 0 aliphatic carbocycles. The summed E-state index contributed by atoms with van der Waals surface area (Å²) in [6, 6.07) is 8.86. The third-order valence-electron chi connectivity index (χ3n) is 5.96. The van der Waals surface area contributed by atoms with Crippen LogP contribution in [0.2, 0.25) is 0 Å². The molecule has 0 bridgehead atoms. The van der Waals surface area contributed by atoms with Gasteiger partial charge in [-0.2, -0.15) is 0 Å². The third kappa shape index (κ3) is 5.71. The molecule has 8 heteroatoms. The fourth-order valence-electron chi connectivity index (χ4n) is 4.04. The van der Waals surface area contributed by atoms with Crippen molar-refractivity contribution in [2.45, 2.75) is 19.5 Å². The van der Waals surface area contributed by atoms with Gasteiger partial charge in [-0.25, -0.2) is 9.98 Å². The molecule has 2 aliphatic rings. The second kappa shape index (κ2) is 10.2. The number of likely N-dealkylation sites (N-methyl/N-ethyl adjacent to an activating group) is 1. The predicted molar refractivity (Wildman–Crippen MR) is 125 cm³/mol. The molecule has 0 unspecified atom stereocenters. The van der Waals surface area contributed by atoms with E-state index in [1.165, 1.54) is 30.6 Å². The van der Waals surface area contributed by atoms with Crippen LogP contribution in [0.1, 0.15) is 17.5 Å². The van der Waals surface area contributed by atoms with Crippen LogP contribution in [0, 0.1) is 0 Å². The van der Waals surface area contributed by atoms with E-state index in [2.05, 4.69) is 60.9 Å². The van der Waals surface area contributed by atoms with Crippen LogP contribution in [-0.4, -0.2) is 85.0 Å². The summed E-state index contributed by atoms with van der Waals surface area (Å²) in [5.74, 6) is 0.645. The number of benzene rings is 1. The van der Waals surface area contributed by atoms with Crippen LogP contribution in [0.5, 0.6) is 0 Å². The highest BCUT2D eigenvalue weighted by Gasteiger charge is 2.19. The Kier molecular flexibility index (Phi) is 7.20. The molecule has 0 radical (unpaired) electrons. The van der Waals surface area contributed by atoms with Crippen molar-refractivity contribution in [1.82, 2.24) is 19.7 Å². The van der Waals surface area contributed by atoms with Crippen molar-refractivity contribution in [2.24, 2.45) is 10.7 Å². The average Bonchev–Trinajstić information content (AvgIpc) is 3.24. The highest BCUT2D eigenvalue weighted by atomic mass is 32.1. The summed E-state index contributed by atoms with van der Waals surface area (Å²) >= 11 is 1.69. The quantitative estimate of drug-likeness (QED) is 0.581. The van der Waals surface area contributed by atoms with Gasteiger partial charge in [0.05, 0.1) is 6.54 Å². The molecule has 30 heavy (non-hydrogen) atoms. The fraction of sp³-hybridized carbons (Fsp3) is 0.545. The van der Waals surface area contributed by atoms with E-state index >= 15 is 0 Å². The van der Waals surface area contributed by atoms with E-state index in [0.717, 1.165) is 50.9 Å². The maximum atomic E-state index is 6.27. The third-order valence-corrected chi connectivity index (χ3v) is 6.79. The molecule has 7 nitrogen and oxygen atoms in total. The number of aromatic nitrogens is 1. The lowest BCUT2D eigenvalue weighted by molar-refractivity contribution is 0.269. The summed E-state index contributed by atoms with van der Waals surface area (Å²) in [6.07, 6.45) is 3.11. The van der Waals surface area contributed by atoms with Gasteiger partial charge < -0.3 is 20.4 Å². The van der Waals surface area contributed by atoms with Crippen LogP contribution < -0.4 is 10.6 Å². The number of rotatable bonds is 5. The van der Waals surface area contributed by atoms with Gasteiger partial charge in [-0.05, 0) is 37.7 Å². The number of guanidine groups is 1. The first-order chi connectivity index (χ1) is 14.7. The van der Waals surface area contributed by atoms with Crippen molar-refractivity contribution in [3.63, 3.8) is 0 Å². The zero-order chi connectivity index (χ0) is 20.8. The molecule has 2 aromatic rings. The zero-order valence-electron chi connectivity index (χ0n) is 17.9. The van der Waals surface area contributed by atoms with Gasteiger partial charge in [-0.1, -0.05) is 24.3 Å². The van der Waals surface area contributed by atoms with Gasteiger partial charge in [0.2, 0.25) is 0 Å². The van der Waals surface area contributed by atoms with Crippen LogP contribution in [0.15, 0.2) is 40.8 Å². The van der Waals surface area contributed by atoms with Crippen LogP contribution in [-0.2, 0) is 13.1 Å². The van der Waals surface area contributed by atoms with Crippen molar-refractivity contribution < 1.29 is 0 Å². The first kappa shape index (κ1) is 21.1. The highest BCUT2D eigenvalue weighted by molar-refractivity contribution is 7.13. The summed E-state index contributed by atoms with van der Waals surface area (Å²) in [4.78, 5) is 18.5. The smallest absolute Gasteiger partial charge is 0.191 e. The number of hydrogen-bond acceptors (Lipinski definition) is 6. The normalized spacial score (nSPS) is 19.8. The molecule has 2 aliphatic heterocycles. The molecular weight excluding hydrogens is 394 g/mol. The molecule has 0 amide bonds. The average molecular weight is 428 g/mol. The molecule has 4 rings (SSSR count). The summed E-state index contributed by atoms with van der Waals surface area (Å²) in [7, 11) is 2.21. The van der Waals surface area contributed by atoms with Gasteiger partial charge in [-0.3, -0.25) is 4.90 Å². The second-order valence-corrected chi connectivity index (χ2v) is 9.09. The van der Waals surface area contributed by atoms with E-state index < -0.39 is 0 Å². The lowest BCUT2D eigenvalue weighted by Gasteiger charge is -2.35. The van der Waals surface area contributed by atoms with Gasteiger partial charge in [-0.15, -0.1) is 11.3 Å². The van der Waals surface area contributed by atoms with Crippen molar-refractivity contribution >= 4 is 22.4 Å². The largest absolute Gasteiger partial charge is 0.370 e. The molecule has 3 heterocycles.